The van der Waals surface area contributed by atoms with Crippen molar-refractivity contribution in [2.45, 2.75) is 140 Å². The Bertz CT molecular complexity index is 1160. The van der Waals surface area contributed by atoms with Crippen molar-refractivity contribution in [2.75, 3.05) is 27.9 Å². The highest BCUT2D eigenvalue weighted by Gasteiger charge is 2.50. The summed E-state index contributed by atoms with van der Waals surface area (Å²) in [6.07, 6.45) is -2.67. The lowest BCUT2D eigenvalue weighted by Crippen LogP contribution is -2.59. The van der Waals surface area contributed by atoms with Gasteiger partial charge < -0.3 is 58.0 Å². The zero-order valence-corrected chi connectivity index (χ0v) is 30.0. The molecule has 4 heterocycles. The number of ether oxygens (including phenoxy) is 9. The molecular weight excluding hydrogens is 644 g/mol. The van der Waals surface area contributed by atoms with Gasteiger partial charge in [0.05, 0.1) is 37.1 Å². The van der Waals surface area contributed by atoms with E-state index in [0.29, 0.717) is 6.42 Å². The molecule has 0 amide bonds. The van der Waals surface area contributed by atoms with Gasteiger partial charge in [0.15, 0.2) is 18.4 Å². The SMILES string of the molecule is CO[C@@H]1[C@H](O)[C@@H](C)O[C@@H](OC[C@H]2[C@H]3O[C@H]3/C=C/C(=O)[C@@](C)(O)C[C@H](C)[C@H](O[C@H]3O[C@H](C)C[C@H](OC)[C@H]3O)[C@H](C)/C=C/C(=O)O[C@@H]2C)[C@@H]1OC. The van der Waals surface area contributed by atoms with Gasteiger partial charge in [-0.1, -0.05) is 19.9 Å². The van der Waals surface area contributed by atoms with Crippen LogP contribution in [0.2, 0.25) is 0 Å². The highest BCUT2D eigenvalue weighted by Crippen LogP contribution is 2.37. The first-order chi connectivity index (χ1) is 23.1. The van der Waals surface area contributed by atoms with Crippen molar-refractivity contribution in [1.82, 2.24) is 0 Å². The first kappa shape index (κ1) is 40.0. The first-order valence-corrected chi connectivity index (χ1v) is 17.1. The van der Waals surface area contributed by atoms with Crippen molar-refractivity contribution < 1.29 is 67.5 Å². The van der Waals surface area contributed by atoms with E-state index in [2.05, 4.69) is 0 Å². The monoisotopic (exact) mass is 700 g/mol. The predicted molar refractivity (Wildman–Crippen MR) is 173 cm³/mol. The van der Waals surface area contributed by atoms with Crippen LogP contribution >= 0.6 is 0 Å². The highest BCUT2D eigenvalue weighted by molar-refractivity contribution is 5.96. The number of carbonyl (C=O) groups is 2. The van der Waals surface area contributed by atoms with Gasteiger partial charge in [0, 0.05) is 45.7 Å². The van der Waals surface area contributed by atoms with Gasteiger partial charge in [0.2, 0.25) is 0 Å². The van der Waals surface area contributed by atoms with Gasteiger partial charge in [0.1, 0.15) is 42.2 Å². The topological polar surface area (TPSA) is 181 Å². The second-order valence-corrected chi connectivity index (χ2v) is 14.1. The third-order valence-corrected chi connectivity index (χ3v) is 10.1. The second kappa shape index (κ2) is 17.1. The van der Waals surface area contributed by atoms with Crippen LogP contribution in [-0.4, -0.2) is 140 Å². The largest absolute Gasteiger partial charge is 0.459 e. The Hall–Kier alpha value is -1.82. The molecule has 3 N–H and O–H groups in total. The van der Waals surface area contributed by atoms with Crippen molar-refractivity contribution in [3.8, 4) is 0 Å². The van der Waals surface area contributed by atoms with Gasteiger partial charge in [-0.2, -0.15) is 0 Å². The van der Waals surface area contributed by atoms with Crippen molar-refractivity contribution >= 4 is 11.8 Å². The first-order valence-electron chi connectivity index (χ1n) is 17.1. The molecule has 0 unspecified atom stereocenters. The molecule has 4 aliphatic heterocycles. The van der Waals surface area contributed by atoms with Crippen LogP contribution in [0.3, 0.4) is 0 Å². The van der Waals surface area contributed by atoms with Crippen LogP contribution < -0.4 is 0 Å². The molecule has 17 atom stereocenters. The maximum atomic E-state index is 13.3. The minimum atomic E-state index is -1.75. The summed E-state index contributed by atoms with van der Waals surface area (Å²) in [6, 6.07) is 0. The Balaban J connectivity index is 1.56. The van der Waals surface area contributed by atoms with E-state index >= 15 is 0 Å². The fourth-order valence-electron chi connectivity index (χ4n) is 7.12. The second-order valence-electron chi connectivity index (χ2n) is 14.1. The van der Waals surface area contributed by atoms with Gasteiger partial charge in [-0.15, -0.1) is 0 Å². The molecule has 4 rings (SSSR count). The number of methoxy groups -OCH3 is 3. The van der Waals surface area contributed by atoms with Gasteiger partial charge in [-0.3, -0.25) is 4.79 Å². The molecule has 4 aliphatic rings. The smallest absolute Gasteiger partial charge is 0.330 e. The highest BCUT2D eigenvalue weighted by atomic mass is 16.7. The molecule has 0 radical (unpaired) electrons. The maximum Gasteiger partial charge on any atom is 0.330 e. The summed E-state index contributed by atoms with van der Waals surface area (Å²) in [4.78, 5) is 26.5. The van der Waals surface area contributed by atoms with E-state index in [1.807, 2.05) is 20.8 Å². The quantitative estimate of drug-likeness (QED) is 0.245. The van der Waals surface area contributed by atoms with Gasteiger partial charge in [0.25, 0.3) is 0 Å². The molecule has 49 heavy (non-hydrogen) atoms. The summed E-state index contributed by atoms with van der Waals surface area (Å²) in [6.45, 7) is 10.4. The Morgan fingerprint density at radius 1 is 0.837 bits per heavy atom. The van der Waals surface area contributed by atoms with E-state index in [1.54, 1.807) is 26.0 Å². The Morgan fingerprint density at radius 3 is 2.18 bits per heavy atom. The molecule has 3 fully saturated rings. The fourth-order valence-corrected chi connectivity index (χ4v) is 7.12. The van der Waals surface area contributed by atoms with Crippen LogP contribution in [0.4, 0.5) is 0 Å². The zero-order valence-electron chi connectivity index (χ0n) is 30.0. The Morgan fingerprint density at radius 2 is 1.53 bits per heavy atom. The lowest BCUT2D eigenvalue weighted by Gasteiger charge is -2.42. The van der Waals surface area contributed by atoms with Crippen LogP contribution in [0.5, 0.6) is 0 Å². The number of carbonyl (C=O) groups excluding carboxylic acids is 2. The van der Waals surface area contributed by atoms with Crippen LogP contribution in [0.1, 0.15) is 54.4 Å². The average molecular weight is 701 g/mol. The summed E-state index contributed by atoms with van der Waals surface area (Å²) in [5, 5.41) is 32.8. The number of esters is 1. The minimum absolute atomic E-state index is 0.0234. The average Bonchev–Trinajstić information content (AvgIpc) is 3.82. The molecule has 0 aliphatic carbocycles. The molecule has 0 saturated carbocycles. The van der Waals surface area contributed by atoms with Crippen LogP contribution in [0.25, 0.3) is 0 Å². The van der Waals surface area contributed by atoms with Crippen molar-refractivity contribution in [1.29, 1.82) is 0 Å². The predicted octanol–water partition coefficient (Wildman–Crippen LogP) is 1.46. The van der Waals surface area contributed by atoms with Crippen molar-refractivity contribution in [3.63, 3.8) is 0 Å². The number of aliphatic hydroxyl groups is 3. The lowest BCUT2D eigenvalue weighted by atomic mass is 9.82. The zero-order chi connectivity index (χ0) is 36.2. The fraction of sp³-hybridized carbons (Fsp3) is 0.829. The summed E-state index contributed by atoms with van der Waals surface area (Å²) >= 11 is 0. The number of aliphatic hydroxyl groups excluding tert-OH is 2. The Labute approximate surface area is 288 Å². The van der Waals surface area contributed by atoms with Gasteiger partial charge in [-0.25, -0.2) is 4.79 Å². The van der Waals surface area contributed by atoms with E-state index in [0.717, 1.165) is 0 Å². The summed E-state index contributed by atoms with van der Waals surface area (Å²) in [7, 11) is 4.46. The van der Waals surface area contributed by atoms with Crippen molar-refractivity contribution in [2.24, 2.45) is 17.8 Å². The number of ketones is 1. The third-order valence-electron chi connectivity index (χ3n) is 10.1. The van der Waals surface area contributed by atoms with Gasteiger partial charge >= 0.3 is 5.97 Å². The molecule has 0 aromatic rings. The normalized spacial score (nSPS) is 48.3. The lowest BCUT2D eigenvalue weighted by molar-refractivity contribution is -0.305. The number of hydrogen-bond acceptors (Lipinski definition) is 14. The molecule has 14 nitrogen and oxygen atoms in total. The standard InChI is InChI=1S/C35H56O14/c1-17-10-13-26(37)46-20(4)22(16-44-34-32(43-9)31(42-8)27(38)21(5)47-34)30-23(48-30)11-12-25(36)35(6,40)15-18(2)29(17)49-33-28(39)24(41-7)14-19(3)45-33/h10-13,17-24,27-34,38-40H,14-16H2,1-9H3/b12-11+,13-10+/t17-,18+,19-,20-,21-,22-,23+,24+,27-,28-,29-,30-,31-,32-,33-,34-,35+/m1/s1. The van der Waals surface area contributed by atoms with E-state index in [4.69, 9.17) is 42.6 Å². The van der Waals surface area contributed by atoms with E-state index in [-0.39, 0.29) is 19.1 Å². The molecule has 3 saturated heterocycles. The molecule has 0 bridgehead atoms. The van der Waals surface area contributed by atoms with Gasteiger partial charge in [-0.05, 0) is 52.2 Å². The van der Waals surface area contributed by atoms with E-state index < -0.39 is 109 Å². The summed E-state index contributed by atoms with van der Waals surface area (Å²) < 4.78 is 52.6. The number of rotatable bonds is 8. The van der Waals surface area contributed by atoms with Crippen molar-refractivity contribution in [3.05, 3.63) is 24.3 Å². The van der Waals surface area contributed by atoms with Crippen LogP contribution in [0, 0.1) is 17.8 Å². The molecule has 14 heteroatoms. The molecule has 0 spiro atoms. The minimum Gasteiger partial charge on any atom is -0.459 e. The number of hydrogen-bond donors (Lipinski definition) is 3. The van der Waals surface area contributed by atoms with E-state index in [9.17, 15) is 24.9 Å². The molecule has 0 aromatic carbocycles. The number of fused-ring (bicyclic) bond motifs is 1. The van der Waals surface area contributed by atoms with Crippen LogP contribution in [0.15, 0.2) is 24.3 Å². The maximum absolute atomic E-state index is 13.3. The Kier molecular flexibility index (Phi) is 14.0. The summed E-state index contributed by atoms with van der Waals surface area (Å²) in [5.74, 6) is -2.45. The molecular formula is C35H56O14. The molecule has 0 aromatic heterocycles. The summed E-state index contributed by atoms with van der Waals surface area (Å²) in [5.41, 5.74) is -1.75. The molecule has 280 valence electrons. The number of cyclic esters (lactones) is 1. The van der Waals surface area contributed by atoms with E-state index in [1.165, 1.54) is 40.4 Å². The number of epoxide rings is 1. The van der Waals surface area contributed by atoms with Crippen LogP contribution in [-0.2, 0) is 52.2 Å². The third kappa shape index (κ3) is 9.74.